The van der Waals surface area contributed by atoms with Gasteiger partial charge in [-0.15, -0.1) is 0 Å². The second kappa shape index (κ2) is 33.9. The van der Waals surface area contributed by atoms with Crippen molar-refractivity contribution in [2.45, 2.75) is 39.5 Å². The van der Waals surface area contributed by atoms with Gasteiger partial charge in [-0.25, -0.2) is 0 Å². The van der Waals surface area contributed by atoms with Gasteiger partial charge in [0, 0.05) is 190 Å². The summed E-state index contributed by atoms with van der Waals surface area (Å²) in [5.41, 5.74) is 31.7. The van der Waals surface area contributed by atoms with Crippen LogP contribution in [0, 0.1) is 0 Å². The monoisotopic (exact) mass is 1820 g/mol. The van der Waals surface area contributed by atoms with E-state index in [-0.39, 0.29) is 0 Å². The highest BCUT2D eigenvalue weighted by Gasteiger charge is 2.31. The quantitative estimate of drug-likeness (QED) is 0.0788. The number of rotatable bonds is 18. The van der Waals surface area contributed by atoms with Crippen molar-refractivity contribution in [3.63, 3.8) is 0 Å². The molecule has 0 bridgehead atoms. The summed E-state index contributed by atoms with van der Waals surface area (Å²) in [5.74, 6) is 0.723. The molecule has 8 heteroatoms. The summed E-state index contributed by atoms with van der Waals surface area (Å²) in [4.78, 5) is 9.49. The molecule has 142 heavy (non-hydrogen) atoms. The smallest absolute Gasteiger partial charge is 0.143 e. The Balaban J connectivity index is 0.000000147. The second-order valence-corrected chi connectivity index (χ2v) is 38.0. The Kier molecular flexibility index (Phi) is 19.8. The van der Waals surface area contributed by atoms with Crippen molar-refractivity contribution >= 4 is 221 Å². The third-order valence-corrected chi connectivity index (χ3v) is 29.0. The zero-order chi connectivity index (χ0) is 94.3. The number of benzene rings is 24. The molecule has 4 heterocycles. The minimum atomic E-state index is 0.361. The van der Waals surface area contributed by atoms with Crippen molar-refractivity contribution in [2.75, 3.05) is 19.6 Å². The Morgan fingerprint density at radius 1 is 0.169 bits per heavy atom. The number of hydrogen-bond acceptors (Lipinski definition) is 8. The van der Waals surface area contributed by atoms with Crippen LogP contribution in [-0.2, 0) is 0 Å². The predicted octanol–water partition coefficient (Wildman–Crippen LogP) is 39.6. The SMILES string of the molecule is CC(C)c1ccccc1N(c1ccccc1)c1ccc2c(c1)oc1c2cc2ccc3c4oc5cc(N(c6ccccc6)c6ccccc6C(C)C)ccc5c4cc4ccc1c2c43.c1ccc(-c2cccc(-c3ccccc3)c2N(c2ccccc2)c2ccc3c(c2)oc2c3cc3ccc4c5oc6cc(N(c7ccccc7)c7c(-c8ccccc8)cccc7-c7ccccc7)ccc6c5cc5ccc2c3c54)cc1. The third-order valence-electron chi connectivity index (χ3n) is 29.0. The van der Waals surface area contributed by atoms with Gasteiger partial charge in [-0.1, -0.05) is 319 Å². The minimum Gasteiger partial charge on any atom is -0.455 e. The van der Waals surface area contributed by atoms with Gasteiger partial charge in [-0.05, 0) is 224 Å². The molecule has 0 spiro atoms. The topological polar surface area (TPSA) is 65.5 Å². The lowest BCUT2D eigenvalue weighted by Gasteiger charge is -2.30. The first-order valence-corrected chi connectivity index (χ1v) is 49.0. The molecule has 0 fully saturated rings. The molecule has 0 aliphatic rings. The molecule has 0 radical (unpaired) electrons. The lowest BCUT2D eigenvalue weighted by molar-refractivity contribution is 0.672. The number of furan rings is 4. The van der Waals surface area contributed by atoms with E-state index in [4.69, 9.17) is 17.7 Å². The molecule has 0 N–H and O–H groups in total. The minimum absolute atomic E-state index is 0.361. The van der Waals surface area contributed by atoms with E-state index in [0.29, 0.717) is 11.8 Å². The fourth-order valence-corrected chi connectivity index (χ4v) is 22.6. The molecule has 0 aliphatic carbocycles. The molecule has 8 nitrogen and oxygen atoms in total. The second-order valence-electron chi connectivity index (χ2n) is 38.0. The molecule has 4 aromatic heterocycles. The Morgan fingerprint density at radius 2 is 0.387 bits per heavy atom. The summed E-state index contributed by atoms with van der Waals surface area (Å²) >= 11 is 0. The predicted molar refractivity (Wildman–Crippen MR) is 598 cm³/mol. The van der Waals surface area contributed by atoms with Gasteiger partial charge in [-0.3, -0.25) is 0 Å². The maximum Gasteiger partial charge on any atom is 0.143 e. The van der Waals surface area contributed by atoms with Gasteiger partial charge in [0.2, 0.25) is 0 Å². The Hall–Kier alpha value is -18.2. The van der Waals surface area contributed by atoms with E-state index in [1.807, 2.05) is 0 Å². The van der Waals surface area contributed by atoms with E-state index in [1.54, 1.807) is 0 Å². The van der Waals surface area contributed by atoms with Crippen LogP contribution in [0.5, 0.6) is 0 Å². The number of hydrogen-bond donors (Lipinski definition) is 0. The van der Waals surface area contributed by atoms with Crippen molar-refractivity contribution < 1.29 is 17.7 Å². The normalized spacial score (nSPS) is 11.9. The first-order valence-electron chi connectivity index (χ1n) is 49.0. The van der Waals surface area contributed by atoms with Crippen LogP contribution in [0.4, 0.5) is 68.2 Å². The Labute approximate surface area is 820 Å². The van der Waals surface area contributed by atoms with Crippen molar-refractivity contribution in [2.24, 2.45) is 0 Å². The molecule has 672 valence electrons. The third kappa shape index (κ3) is 13.7. The molecule has 0 unspecified atom stereocenters. The molecule has 28 rings (SSSR count). The van der Waals surface area contributed by atoms with Crippen LogP contribution >= 0.6 is 0 Å². The highest BCUT2D eigenvalue weighted by molar-refractivity contribution is 6.37. The standard InChI is InChI=1S/C76H48N2O2.C58H44N2O2/c1-7-21-49(22-8-1)59-33-19-34-60(50-23-9-2-10-24-50)73(59)77(55-29-15-5-16-30-55)57-39-43-63-67-45-53-38-42-66-72-54(37-41-65(71(53)72)75(67)79-69(63)47-57)46-68-64-44-40-58(48-70(64)80-76(66)68)78(56-31-17-6-18-32-56)74-61(51-25-11-3-12-26-51)35-20-36-62(74)52-27-13-4-14-28-52;1-35(2)43-19-11-13-21-51(43)59(39-15-7-5-8-16-39)41-25-29-45-49-31-37-24-28-48-56-38(23-27-47(55(37)56)57(49)61-53(45)33-41)32-50-46-30-26-42(34-54(46)62-58(48)50)60(40-17-9-6-10-18-40)52-22-14-12-20-44(52)36(3)4/h1-48H;5-36H,1-4H3. The highest BCUT2D eigenvalue weighted by Crippen LogP contribution is 2.55. The summed E-state index contributed by atoms with van der Waals surface area (Å²) in [7, 11) is 0. The van der Waals surface area contributed by atoms with Crippen molar-refractivity contribution in [1.82, 2.24) is 0 Å². The molecule has 0 saturated heterocycles. The van der Waals surface area contributed by atoms with Crippen molar-refractivity contribution in [3.05, 3.63) is 484 Å². The fraction of sp³-hybridized carbons (Fsp3) is 0.0448. The van der Waals surface area contributed by atoms with Gasteiger partial charge in [0.25, 0.3) is 0 Å². The van der Waals surface area contributed by atoms with Crippen LogP contribution in [-0.4, -0.2) is 0 Å². The molecule has 0 amide bonds. The molecule has 0 aliphatic heterocycles. The Bertz CT molecular complexity index is 9060. The first-order chi connectivity index (χ1) is 70.1. The molecule has 28 aromatic rings. The summed E-state index contributed by atoms with van der Waals surface area (Å²) in [6.07, 6.45) is 0. The highest BCUT2D eigenvalue weighted by atomic mass is 16.3. The van der Waals surface area contributed by atoms with E-state index in [0.717, 1.165) is 221 Å². The van der Waals surface area contributed by atoms with Crippen LogP contribution in [0.25, 0.3) is 197 Å². The molecule has 24 aromatic carbocycles. The molecular weight excluding hydrogens is 1730 g/mol. The maximum absolute atomic E-state index is 7.16. The van der Waals surface area contributed by atoms with E-state index in [2.05, 4.69) is 520 Å². The lowest BCUT2D eigenvalue weighted by Crippen LogP contribution is -2.12. The fourth-order valence-electron chi connectivity index (χ4n) is 22.6. The number of fused-ring (bicyclic) bond motifs is 16. The van der Waals surface area contributed by atoms with E-state index >= 15 is 0 Å². The van der Waals surface area contributed by atoms with Crippen LogP contribution in [0.2, 0.25) is 0 Å². The van der Waals surface area contributed by atoms with E-state index in [9.17, 15) is 0 Å². The molecule has 0 saturated carbocycles. The number of nitrogens with zero attached hydrogens (tertiary/aromatic N) is 4. The van der Waals surface area contributed by atoms with E-state index in [1.165, 1.54) is 54.8 Å². The van der Waals surface area contributed by atoms with Gasteiger partial charge in [0.15, 0.2) is 0 Å². The summed E-state index contributed by atoms with van der Waals surface area (Å²) in [6, 6.07) is 170. The number of anilines is 12. The van der Waals surface area contributed by atoms with Gasteiger partial charge in [0.05, 0.1) is 11.4 Å². The Morgan fingerprint density at radius 3 is 0.641 bits per heavy atom. The van der Waals surface area contributed by atoms with Gasteiger partial charge >= 0.3 is 0 Å². The average Bonchev–Trinajstić information content (AvgIpc) is 1.47. The average molecular weight is 1820 g/mol. The zero-order valence-electron chi connectivity index (χ0n) is 78.6. The van der Waals surface area contributed by atoms with Gasteiger partial charge < -0.3 is 37.3 Å². The molecule has 0 atom stereocenters. The number of para-hydroxylation sites is 8. The van der Waals surface area contributed by atoms with Gasteiger partial charge in [-0.2, -0.15) is 0 Å². The van der Waals surface area contributed by atoms with Crippen LogP contribution in [0.1, 0.15) is 50.7 Å². The summed E-state index contributed by atoms with van der Waals surface area (Å²) in [6.45, 7) is 9.03. The summed E-state index contributed by atoms with van der Waals surface area (Å²) < 4.78 is 28.3. The maximum atomic E-state index is 7.16. The van der Waals surface area contributed by atoms with Crippen molar-refractivity contribution in [3.8, 4) is 44.5 Å². The first kappa shape index (κ1) is 83.2. The van der Waals surface area contributed by atoms with Crippen LogP contribution in [0.3, 0.4) is 0 Å². The van der Waals surface area contributed by atoms with Crippen molar-refractivity contribution in [1.29, 1.82) is 0 Å². The lowest BCUT2D eigenvalue weighted by atomic mass is 9.91. The van der Waals surface area contributed by atoms with Crippen LogP contribution in [0.15, 0.2) is 491 Å². The van der Waals surface area contributed by atoms with Crippen LogP contribution < -0.4 is 19.6 Å². The van der Waals surface area contributed by atoms with Gasteiger partial charge in [0.1, 0.15) is 44.7 Å². The largest absolute Gasteiger partial charge is 0.455 e. The molecular formula is C134H92N4O4. The zero-order valence-corrected chi connectivity index (χ0v) is 78.6. The summed E-state index contributed by atoms with van der Waals surface area (Å²) in [5, 5.41) is 22.6. The van der Waals surface area contributed by atoms with E-state index < -0.39 is 0 Å².